The molecule has 4 rings (SSSR count). The smallest absolute Gasteiger partial charge is 0.263 e. The van der Waals surface area contributed by atoms with Crippen molar-refractivity contribution in [2.24, 2.45) is 0 Å². The molecule has 0 saturated heterocycles. The number of carbonyl (C=O) groups is 1. The van der Waals surface area contributed by atoms with Crippen molar-refractivity contribution < 1.29 is 4.79 Å². The van der Waals surface area contributed by atoms with Gasteiger partial charge in [0.05, 0.1) is 5.39 Å². The minimum Gasteiger partial charge on any atom is -0.324 e. The molecule has 0 fully saturated rings. The van der Waals surface area contributed by atoms with Crippen LogP contribution in [0.5, 0.6) is 0 Å². The molecule has 0 saturated carbocycles. The Morgan fingerprint density at radius 3 is 2.78 bits per heavy atom. The molecule has 27 heavy (non-hydrogen) atoms. The van der Waals surface area contributed by atoms with Crippen molar-refractivity contribution in [3.8, 4) is 0 Å². The zero-order valence-electron chi connectivity index (χ0n) is 15.3. The maximum atomic E-state index is 13.1. The van der Waals surface area contributed by atoms with E-state index in [1.54, 1.807) is 0 Å². The van der Waals surface area contributed by atoms with Gasteiger partial charge in [-0.2, -0.15) is 0 Å². The zero-order valence-corrected chi connectivity index (χ0v) is 15.3. The van der Waals surface area contributed by atoms with Crippen LogP contribution in [0.2, 0.25) is 0 Å². The summed E-state index contributed by atoms with van der Waals surface area (Å²) < 4.78 is 1.43. The van der Waals surface area contributed by atoms with Gasteiger partial charge in [-0.3, -0.25) is 14.2 Å². The summed E-state index contributed by atoms with van der Waals surface area (Å²) in [4.78, 5) is 34.8. The van der Waals surface area contributed by atoms with Crippen LogP contribution in [0.3, 0.4) is 0 Å². The molecule has 1 amide bonds. The molecule has 1 aromatic carbocycles. The maximum Gasteiger partial charge on any atom is 0.263 e. The summed E-state index contributed by atoms with van der Waals surface area (Å²) in [5.74, 6) is -0.224. The summed E-state index contributed by atoms with van der Waals surface area (Å²) in [6.45, 7) is 1.89. The number of benzene rings is 1. The van der Waals surface area contributed by atoms with Crippen LogP contribution in [0.25, 0.3) is 11.0 Å². The summed E-state index contributed by atoms with van der Waals surface area (Å²) in [6.07, 6.45) is 6.06. The molecule has 1 aliphatic carbocycles. The molecule has 1 aliphatic rings. The number of nitrogens with one attached hydrogen (secondary N) is 1. The minimum absolute atomic E-state index is 0.212. The van der Waals surface area contributed by atoms with E-state index in [9.17, 15) is 9.59 Å². The van der Waals surface area contributed by atoms with Crippen molar-refractivity contribution in [3.05, 3.63) is 64.3 Å². The number of aromatic nitrogens is 3. The van der Waals surface area contributed by atoms with Crippen molar-refractivity contribution in [3.63, 3.8) is 0 Å². The standard InChI is InChI=1S/C21H22N4O2/c1-2-18(20(26)23-15-9-4-3-5-10-15)25-13-22-19-16(21(25)27)12-14-8-6-7-11-17(14)24-19/h3-5,9-10,12-13,18H,2,6-8,11H2,1H3,(H,23,26)/t18-/m1/s1. The fourth-order valence-electron chi connectivity index (χ4n) is 3.66. The Morgan fingerprint density at radius 2 is 2.00 bits per heavy atom. The molecule has 2 heterocycles. The van der Waals surface area contributed by atoms with Crippen LogP contribution >= 0.6 is 0 Å². The van der Waals surface area contributed by atoms with Gasteiger partial charge in [-0.05, 0) is 55.9 Å². The van der Waals surface area contributed by atoms with Gasteiger partial charge in [-0.1, -0.05) is 25.1 Å². The zero-order chi connectivity index (χ0) is 18.8. The third kappa shape index (κ3) is 3.35. The number of nitrogens with zero attached hydrogens (tertiary/aromatic N) is 3. The predicted molar refractivity (Wildman–Crippen MR) is 105 cm³/mol. The van der Waals surface area contributed by atoms with E-state index in [1.807, 2.05) is 43.3 Å². The van der Waals surface area contributed by atoms with Crippen LogP contribution in [0.4, 0.5) is 5.69 Å². The summed E-state index contributed by atoms with van der Waals surface area (Å²) in [7, 11) is 0. The lowest BCUT2D eigenvalue weighted by Gasteiger charge is -2.19. The monoisotopic (exact) mass is 362 g/mol. The van der Waals surface area contributed by atoms with Crippen LogP contribution in [-0.4, -0.2) is 20.4 Å². The quantitative estimate of drug-likeness (QED) is 0.773. The SMILES string of the molecule is CC[C@H](C(=O)Nc1ccccc1)n1cnc2nc3c(cc2c1=O)CCCC3. The lowest BCUT2D eigenvalue weighted by molar-refractivity contribution is -0.119. The maximum absolute atomic E-state index is 13.1. The van der Waals surface area contributed by atoms with Crippen molar-refractivity contribution >= 4 is 22.6 Å². The van der Waals surface area contributed by atoms with Crippen LogP contribution in [0.1, 0.15) is 43.5 Å². The molecule has 1 N–H and O–H groups in total. The average molecular weight is 362 g/mol. The van der Waals surface area contributed by atoms with Gasteiger partial charge >= 0.3 is 0 Å². The molecule has 6 heteroatoms. The van der Waals surface area contributed by atoms with E-state index in [0.717, 1.165) is 36.9 Å². The highest BCUT2D eigenvalue weighted by Crippen LogP contribution is 2.22. The largest absolute Gasteiger partial charge is 0.324 e. The molecule has 0 bridgehead atoms. The van der Waals surface area contributed by atoms with Gasteiger partial charge in [0.2, 0.25) is 5.91 Å². The lowest BCUT2D eigenvalue weighted by Crippen LogP contribution is -2.33. The number of hydrogen-bond donors (Lipinski definition) is 1. The molecule has 0 radical (unpaired) electrons. The molecular weight excluding hydrogens is 340 g/mol. The first-order chi connectivity index (χ1) is 13.2. The second-order valence-electron chi connectivity index (χ2n) is 6.91. The van der Waals surface area contributed by atoms with E-state index in [1.165, 1.54) is 10.9 Å². The number of pyridine rings is 1. The van der Waals surface area contributed by atoms with Gasteiger partial charge in [-0.25, -0.2) is 9.97 Å². The highest BCUT2D eigenvalue weighted by molar-refractivity contribution is 5.93. The van der Waals surface area contributed by atoms with Crippen molar-refractivity contribution in [1.82, 2.24) is 14.5 Å². The number of rotatable bonds is 4. The number of aryl methyl sites for hydroxylation is 2. The van der Waals surface area contributed by atoms with Crippen LogP contribution < -0.4 is 10.9 Å². The Kier molecular flexibility index (Phi) is 4.71. The molecule has 138 valence electrons. The van der Waals surface area contributed by atoms with E-state index in [4.69, 9.17) is 0 Å². The van der Waals surface area contributed by atoms with Gasteiger partial charge in [0.25, 0.3) is 5.56 Å². The number of anilines is 1. The molecule has 1 atom stereocenters. The number of amides is 1. The Bertz CT molecular complexity index is 1040. The molecule has 3 aromatic rings. The molecule has 2 aromatic heterocycles. The van der Waals surface area contributed by atoms with Gasteiger partial charge in [-0.15, -0.1) is 0 Å². The first kappa shape index (κ1) is 17.4. The fourth-order valence-corrected chi connectivity index (χ4v) is 3.66. The highest BCUT2D eigenvalue weighted by Gasteiger charge is 2.22. The minimum atomic E-state index is -0.620. The second kappa shape index (κ2) is 7.31. The topological polar surface area (TPSA) is 76.9 Å². The molecule has 6 nitrogen and oxygen atoms in total. The Labute approximate surface area is 157 Å². The van der Waals surface area contributed by atoms with Gasteiger partial charge in [0, 0.05) is 11.4 Å². The number of carbonyl (C=O) groups excluding carboxylic acids is 1. The van der Waals surface area contributed by atoms with Crippen molar-refractivity contribution in [1.29, 1.82) is 0 Å². The van der Waals surface area contributed by atoms with E-state index in [0.29, 0.717) is 23.1 Å². The van der Waals surface area contributed by atoms with Gasteiger partial charge < -0.3 is 5.32 Å². The number of para-hydroxylation sites is 1. The van der Waals surface area contributed by atoms with Crippen molar-refractivity contribution in [2.45, 2.75) is 45.1 Å². The Balaban J connectivity index is 1.72. The van der Waals surface area contributed by atoms with Crippen LogP contribution in [-0.2, 0) is 17.6 Å². The van der Waals surface area contributed by atoms with E-state index >= 15 is 0 Å². The average Bonchev–Trinajstić information content (AvgIpc) is 2.70. The molecule has 0 unspecified atom stereocenters. The number of hydrogen-bond acceptors (Lipinski definition) is 4. The Morgan fingerprint density at radius 1 is 1.22 bits per heavy atom. The van der Waals surface area contributed by atoms with Gasteiger partial charge in [0.1, 0.15) is 12.4 Å². The third-order valence-corrected chi connectivity index (χ3v) is 5.12. The molecule has 0 aliphatic heterocycles. The molecule has 0 spiro atoms. The van der Waals surface area contributed by atoms with Gasteiger partial charge in [0.15, 0.2) is 5.65 Å². The summed E-state index contributed by atoms with van der Waals surface area (Å²) in [5, 5.41) is 3.36. The normalized spacial score (nSPS) is 14.6. The Hall–Kier alpha value is -3.02. The second-order valence-corrected chi connectivity index (χ2v) is 6.91. The van der Waals surface area contributed by atoms with E-state index in [2.05, 4.69) is 15.3 Å². The summed E-state index contributed by atoms with van der Waals surface area (Å²) >= 11 is 0. The van der Waals surface area contributed by atoms with Crippen LogP contribution in [0.15, 0.2) is 47.5 Å². The fraction of sp³-hybridized carbons (Fsp3) is 0.333. The highest BCUT2D eigenvalue weighted by atomic mass is 16.2. The van der Waals surface area contributed by atoms with Crippen molar-refractivity contribution in [2.75, 3.05) is 5.32 Å². The van der Waals surface area contributed by atoms with Crippen LogP contribution in [0, 0.1) is 0 Å². The number of fused-ring (bicyclic) bond motifs is 2. The summed E-state index contributed by atoms with van der Waals surface area (Å²) in [5.41, 5.74) is 3.14. The summed E-state index contributed by atoms with van der Waals surface area (Å²) in [6, 6.07) is 10.5. The van der Waals surface area contributed by atoms with E-state index < -0.39 is 6.04 Å². The van der Waals surface area contributed by atoms with E-state index in [-0.39, 0.29) is 11.5 Å². The first-order valence-electron chi connectivity index (χ1n) is 9.43. The first-order valence-corrected chi connectivity index (χ1v) is 9.43. The predicted octanol–water partition coefficient (Wildman–Crippen LogP) is 3.26. The molecular formula is C21H22N4O2. The lowest BCUT2D eigenvalue weighted by atomic mass is 9.95. The third-order valence-electron chi connectivity index (χ3n) is 5.12.